The molecule has 0 spiro atoms. The Kier molecular flexibility index (Phi) is 6.23. The fourth-order valence-electron chi connectivity index (χ4n) is 2.29. The standard InChI is InChI=1S/C12H21NO9/c1-5(15)13-8-6(16)3-12(20,11(19)21-2)22-10(8)9(18)7(17)4-14/h6-10,14,16-18,20H,3-4H2,1-2H3,(H,13,15)/t6-,7?,8?,9-,10?,12-/m1/s1. The molecule has 0 aliphatic carbocycles. The molecule has 128 valence electrons. The smallest absolute Gasteiger partial charge is 0.366 e. The van der Waals surface area contributed by atoms with Crippen LogP contribution in [0.15, 0.2) is 0 Å². The van der Waals surface area contributed by atoms with Crippen LogP contribution >= 0.6 is 0 Å². The van der Waals surface area contributed by atoms with E-state index in [-0.39, 0.29) is 0 Å². The molecule has 0 radical (unpaired) electrons. The quantitative estimate of drug-likeness (QED) is 0.278. The van der Waals surface area contributed by atoms with E-state index in [9.17, 15) is 30.0 Å². The summed E-state index contributed by atoms with van der Waals surface area (Å²) in [4.78, 5) is 22.8. The minimum atomic E-state index is -2.55. The fourth-order valence-corrected chi connectivity index (χ4v) is 2.29. The molecule has 1 rings (SSSR count). The Bertz CT molecular complexity index is 417. The van der Waals surface area contributed by atoms with Crippen LogP contribution in [0.25, 0.3) is 0 Å². The molecule has 10 nitrogen and oxygen atoms in total. The molecule has 1 aliphatic heterocycles. The molecule has 0 aromatic rings. The van der Waals surface area contributed by atoms with Crippen molar-refractivity contribution in [3.05, 3.63) is 0 Å². The van der Waals surface area contributed by atoms with E-state index in [1.54, 1.807) is 0 Å². The Morgan fingerprint density at radius 3 is 2.50 bits per heavy atom. The Morgan fingerprint density at radius 2 is 2.05 bits per heavy atom. The molecule has 1 saturated heterocycles. The van der Waals surface area contributed by atoms with E-state index in [4.69, 9.17) is 9.84 Å². The van der Waals surface area contributed by atoms with Crippen LogP contribution in [0.2, 0.25) is 0 Å². The highest BCUT2D eigenvalue weighted by molar-refractivity contribution is 5.78. The van der Waals surface area contributed by atoms with Crippen LogP contribution in [0.5, 0.6) is 0 Å². The van der Waals surface area contributed by atoms with Crippen LogP contribution in [-0.4, -0.2) is 87.4 Å². The maximum atomic E-state index is 11.6. The van der Waals surface area contributed by atoms with Crippen molar-refractivity contribution in [1.82, 2.24) is 5.32 Å². The predicted molar refractivity (Wildman–Crippen MR) is 69.2 cm³/mol. The number of ether oxygens (including phenoxy) is 2. The summed E-state index contributed by atoms with van der Waals surface area (Å²) in [6.07, 6.45) is -7.09. The summed E-state index contributed by atoms with van der Waals surface area (Å²) in [5.74, 6) is -4.32. The lowest BCUT2D eigenvalue weighted by Gasteiger charge is -2.45. The van der Waals surface area contributed by atoms with Gasteiger partial charge in [0.05, 0.1) is 25.9 Å². The molecule has 22 heavy (non-hydrogen) atoms. The Hall–Kier alpha value is -1.30. The van der Waals surface area contributed by atoms with Gasteiger partial charge in [-0.3, -0.25) is 4.79 Å². The largest absolute Gasteiger partial charge is 0.465 e. The average molecular weight is 323 g/mol. The molecule has 6 N–H and O–H groups in total. The molecule has 1 heterocycles. The lowest BCUT2D eigenvalue weighted by molar-refractivity contribution is -0.296. The highest BCUT2D eigenvalue weighted by atomic mass is 16.7. The number of nitrogens with one attached hydrogen (secondary N) is 1. The second kappa shape index (κ2) is 7.31. The molecule has 0 bridgehead atoms. The van der Waals surface area contributed by atoms with Gasteiger partial charge < -0.3 is 40.3 Å². The number of carbonyl (C=O) groups is 2. The molecule has 6 atom stereocenters. The van der Waals surface area contributed by atoms with Gasteiger partial charge in [-0.2, -0.15) is 0 Å². The van der Waals surface area contributed by atoms with Crippen LogP contribution in [0.3, 0.4) is 0 Å². The zero-order chi connectivity index (χ0) is 17.1. The first-order valence-corrected chi connectivity index (χ1v) is 6.57. The third kappa shape index (κ3) is 3.91. The Morgan fingerprint density at radius 1 is 1.45 bits per heavy atom. The van der Waals surface area contributed by atoms with E-state index in [0.29, 0.717) is 0 Å². The number of rotatable bonds is 5. The maximum Gasteiger partial charge on any atom is 0.366 e. The highest BCUT2D eigenvalue weighted by Crippen LogP contribution is 2.31. The van der Waals surface area contributed by atoms with Gasteiger partial charge in [0, 0.05) is 13.3 Å². The van der Waals surface area contributed by atoms with Gasteiger partial charge in [0.15, 0.2) is 0 Å². The van der Waals surface area contributed by atoms with E-state index in [2.05, 4.69) is 10.1 Å². The van der Waals surface area contributed by atoms with Crippen molar-refractivity contribution in [1.29, 1.82) is 0 Å². The number of aliphatic hydroxyl groups excluding tert-OH is 4. The highest BCUT2D eigenvalue weighted by Gasteiger charge is 2.54. The molecule has 3 unspecified atom stereocenters. The molecule has 0 saturated carbocycles. The van der Waals surface area contributed by atoms with Crippen LogP contribution in [0.1, 0.15) is 13.3 Å². The number of hydrogen-bond donors (Lipinski definition) is 6. The first-order chi connectivity index (χ1) is 10.2. The zero-order valence-electron chi connectivity index (χ0n) is 12.2. The van der Waals surface area contributed by atoms with E-state index in [1.807, 2.05) is 0 Å². The molecule has 1 aliphatic rings. The predicted octanol–water partition coefficient (Wildman–Crippen LogP) is -3.78. The van der Waals surface area contributed by atoms with Crippen LogP contribution < -0.4 is 5.32 Å². The number of hydrogen-bond acceptors (Lipinski definition) is 9. The first-order valence-electron chi connectivity index (χ1n) is 6.57. The SMILES string of the molecule is COC(=O)[C@@]1(O)C[C@@H](O)C(NC(C)=O)C([C@H](O)C(O)CO)O1. The number of aliphatic hydroxyl groups is 5. The summed E-state index contributed by atoms with van der Waals surface area (Å²) in [5.41, 5.74) is 0. The third-order valence-corrected chi connectivity index (χ3v) is 3.38. The van der Waals surface area contributed by atoms with Crippen molar-refractivity contribution in [3.63, 3.8) is 0 Å². The van der Waals surface area contributed by atoms with Crippen molar-refractivity contribution < 1.29 is 44.6 Å². The second-order valence-corrected chi connectivity index (χ2v) is 5.10. The summed E-state index contributed by atoms with van der Waals surface area (Å²) in [6, 6.07) is -1.21. The monoisotopic (exact) mass is 323 g/mol. The molecule has 1 fully saturated rings. The van der Waals surface area contributed by atoms with Crippen molar-refractivity contribution in [2.75, 3.05) is 13.7 Å². The van der Waals surface area contributed by atoms with E-state index in [0.717, 1.165) is 14.0 Å². The van der Waals surface area contributed by atoms with Crippen molar-refractivity contribution in [3.8, 4) is 0 Å². The Balaban J connectivity index is 3.09. The van der Waals surface area contributed by atoms with E-state index >= 15 is 0 Å². The fraction of sp³-hybridized carbons (Fsp3) is 0.833. The van der Waals surface area contributed by atoms with Gasteiger partial charge in [0.1, 0.15) is 18.3 Å². The van der Waals surface area contributed by atoms with Crippen LogP contribution in [0.4, 0.5) is 0 Å². The summed E-state index contributed by atoms with van der Waals surface area (Å²) in [7, 11) is 0.990. The third-order valence-electron chi connectivity index (χ3n) is 3.38. The summed E-state index contributed by atoms with van der Waals surface area (Å²) >= 11 is 0. The summed E-state index contributed by atoms with van der Waals surface area (Å²) in [5, 5.41) is 50.8. The van der Waals surface area contributed by atoms with Gasteiger partial charge in [-0.25, -0.2) is 4.79 Å². The molecule has 10 heteroatoms. The Labute approximate surface area is 126 Å². The molecule has 1 amide bonds. The number of amides is 1. The first kappa shape index (κ1) is 18.7. The van der Waals surface area contributed by atoms with Gasteiger partial charge >= 0.3 is 5.97 Å². The van der Waals surface area contributed by atoms with Crippen molar-refractivity contribution in [2.45, 2.75) is 49.6 Å². The minimum absolute atomic E-state index is 0.563. The minimum Gasteiger partial charge on any atom is -0.465 e. The lowest BCUT2D eigenvalue weighted by atomic mass is 9.88. The van der Waals surface area contributed by atoms with Crippen molar-refractivity contribution >= 4 is 11.9 Å². The number of carbonyl (C=O) groups excluding carboxylic acids is 2. The number of esters is 1. The van der Waals surface area contributed by atoms with Gasteiger partial charge in [-0.15, -0.1) is 0 Å². The normalized spacial score (nSPS) is 34.6. The van der Waals surface area contributed by atoms with Gasteiger partial charge in [-0.05, 0) is 0 Å². The van der Waals surface area contributed by atoms with E-state index < -0.39 is 61.1 Å². The van der Waals surface area contributed by atoms with Crippen molar-refractivity contribution in [2.24, 2.45) is 0 Å². The van der Waals surface area contributed by atoms with E-state index in [1.165, 1.54) is 0 Å². The van der Waals surface area contributed by atoms with Gasteiger partial charge in [0.2, 0.25) is 5.91 Å². The van der Waals surface area contributed by atoms with Gasteiger partial charge in [-0.1, -0.05) is 0 Å². The number of methoxy groups -OCH3 is 1. The van der Waals surface area contributed by atoms with Crippen LogP contribution in [-0.2, 0) is 19.1 Å². The zero-order valence-corrected chi connectivity index (χ0v) is 12.2. The second-order valence-electron chi connectivity index (χ2n) is 5.10. The average Bonchev–Trinajstić information content (AvgIpc) is 2.46. The van der Waals surface area contributed by atoms with Crippen LogP contribution in [0, 0.1) is 0 Å². The lowest BCUT2D eigenvalue weighted by Crippen LogP contribution is -2.67. The topological polar surface area (TPSA) is 166 Å². The molecule has 0 aromatic carbocycles. The molecular weight excluding hydrogens is 302 g/mol. The summed E-state index contributed by atoms with van der Waals surface area (Å²) in [6.45, 7) is 0.320. The van der Waals surface area contributed by atoms with Gasteiger partial charge in [0.25, 0.3) is 5.79 Å². The maximum absolute atomic E-state index is 11.6. The summed E-state index contributed by atoms with van der Waals surface area (Å²) < 4.78 is 9.45. The molecular formula is C12H21NO9. The molecule has 0 aromatic heterocycles.